The molecule has 3 aromatic carbocycles. The molecular formula is C20H19AsN4O3. The van der Waals surface area contributed by atoms with E-state index in [1.807, 2.05) is 61.5 Å². The van der Waals surface area contributed by atoms with Crippen LogP contribution in [0, 0.1) is 6.92 Å². The fourth-order valence-corrected chi connectivity index (χ4v) is 3.84. The fraction of sp³-hybridized carbons (Fsp3) is 0.0500. The summed E-state index contributed by atoms with van der Waals surface area (Å²) in [5, 5.41) is 12.5. The summed E-state index contributed by atoms with van der Waals surface area (Å²) >= 11 is -5.12. The second-order valence-corrected chi connectivity index (χ2v) is 9.31. The van der Waals surface area contributed by atoms with E-state index in [2.05, 4.69) is 20.8 Å². The number of nitrogens with zero attached hydrogens (tertiary/aromatic N) is 3. The first-order valence-corrected chi connectivity index (χ1v) is 11.8. The van der Waals surface area contributed by atoms with E-state index in [1.54, 1.807) is 12.1 Å². The van der Waals surface area contributed by atoms with Gasteiger partial charge in [-0.25, -0.2) is 0 Å². The number of anilines is 1. The van der Waals surface area contributed by atoms with Crippen molar-refractivity contribution in [1.29, 1.82) is 0 Å². The van der Waals surface area contributed by atoms with Crippen LogP contribution in [0.4, 0.5) is 11.4 Å². The molecule has 142 valence electrons. The summed E-state index contributed by atoms with van der Waals surface area (Å²) in [4.78, 5) is 0. The van der Waals surface area contributed by atoms with Gasteiger partial charge in [0.25, 0.3) is 0 Å². The summed E-state index contributed by atoms with van der Waals surface area (Å²) in [6, 6.07) is 23.0. The number of aryl methyl sites for hydroxylation is 1. The Morgan fingerprint density at radius 3 is 2.21 bits per heavy atom. The zero-order chi connectivity index (χ0) is 20.0. The monoisotopic (exact) mass is 438 g/mol. The fourth-order valence-electron chi connectivity index (χ4n) is 2.37. The Kier molecular flexibility index (Phi) is 6.21. The van der Waals surface area contributed by atoms with Crippen molar-refractivity contribution in [3.8, 4) is 0 Å². The van der Waals surface area contributed by atoms with Crippen LogP contribution >= 0.6 is 0 Å². The van der Waals surface area contributed by atoms with Gasteiger partial charge in [0.05, 0.1) is 0 Å². The van der Waals surface area contributed by atoms with Crippen molar-refractivity contribution >= 4 is 35.7 Å². The summed E-state index contributed by atoms with van der Waals surface area (Å²) < 4.78 is 30.7. The third-order valence-electron chi connectivity index (χ3n) is 3.82. The number of hydrogen-bond acceptors (Lipinski definition) is 4. The summed E-state index contributed by atoms with van der Waals surface area (Å²) in [5.74, 6) is 0.286. The quantitative estimate of drug-likeness (QED) is 0.187. The van der Waals surface area contributed by atoms with Crippen LogP contribution in [0.25, 0.3) is 0 Å². The van der Waals surface area contributed by atoms with Crippen LogP contribution in [0.15, 0.2) is 94.2 Å². The van der Waals surface area contributed by atoms with Crippen LogP contribution in [0.3, 0.4) is 0 Å². The van der Waals surface area contributed by atoms with Gasteiger partial charge >= 0.3 is 165 Å². The molecule has 0 aromatic heterocycles. The first-order valence-electron chi connectivity index (χ1n) is 8.46. The molecule has 0 atom stereocenters. The molecule has 3 rings (SSSR count). The Bertz CT molecular complexity index is 1040. The maximum absolute atomic E-state index is 11.7. The number of benzene rings is 3. The van der Waals surface area contributed by atoms with Crippen molar-refractivity contribution in [3.63, 3.8) is 0 Å². The van der Waals surface area contributed by atoms with Crippen LogP contribution in [0.2, 0.25) is 0 Å². The maximum atomic E-state index is 11.7. The second kappa shape index (κ2) is 8.80. The summed E-state index contributed by atoms with van der Waals surface area (Å²) in [6.07, 6.45) is 0. The Balaban J connectivity index is 1.95. The minimum atomic E-state index is -5.12. The Labute approximate surface area is 165 Å². The van der Waals surface area contributed by atoms with Gasteiger partial charge in [0.15, 0.2) is 0 Å². The molecule has 0 amide bonds. The van der Waals surface area contributed by atoms with E-state index >= 15 is 0 Å². The molecule has 0 unspecified atom stereocenters. The first-order chi connectivity index (χ1) is 13.4. The molecule has 0 fully saturated rings. The van der Waals surface area contributed by atoms with E-state index < -0.39 is 14.2 Å². The molecular weight excluding hydrogens is 419 g/mol. The molecule has 8 heteroatoms. The Morgan fingerprint density at radius 2 is 1.54 bits per heavy atom. The van der Waals surface area contributed by atoms with Crippen LogP contribution in [-0.2, 0) is 3.74 Å². The van der Waals surface area contributed by atoms with Crippen LogP contribution in [0.1, 0.15) is 11.1 Å². The predicted octanol–water partition coefficient (Wildman–Crippen LogP) is 3.11. The predicted molar refractivity (Wildman–Crippen MR) is 109 cm³/mol. The van der Waals surface area contributed by atoms with Gasteiger partial charge in [0.1, 0.15) is 0 Å². The average Bonchev–Trinajstić information content (AvgIpc) is 2.69. The number of azo groups is 1. The van der Waals surface area contributed by atoms with Crippen LogP contribution < -0.4 is 9.78 Å². The van der Waals surface area contributed by atoms with Gasteiger partial charge in [-0.2, -0.15) is 0 Å². The number of hydrogen-bond donors (Lipinski definition) is 3. The summed E-state index contributed by atoms with van der Waals surface area (Å²) in [6.45, 7) is 2.00. The van der Waals surface area contributed by atoms with E-state index in [0.717, 1.165) is 11.3 Å². The Hall–Kier alpha value is -2.99. The van der Waals surface area contributed by atoms with Crippen molar-refractivity contribution in [3.05, 3.63) is 90.0 Å². The molecule has 7 nitrogen and oxygen atoms in total. The number of rotatable bonds is 5. The molecule has 0 heterocycles. The zero-order valence-corrected chi connectivity index (χ0v) is 17.0. The molecule has 0 radical (unpaired) electrons. The second-order valence-electron chi connectivity index (χ2n) is 6.01. The average molecular weight is 438 g/mol. The van der Waals surface area contributed by atoms with Crippen molar-refractivity contribution in [2.45, 2.75) is 6.92 Å². The Morgan fingerprint density at radius 1 is 0.893 bits per heavy atom. The van der Waals surface area contributed by atoms with E-state index in [9.17, 15) is 11.9 Å². The van der Waals surface area contributed by atoms with Gasteiger partial charge < -0.3 is 0 Å². The number of hydrazone groups is 1. The van der Waals surface area contributed by atoms with E-state index in [0.29, 0.717) is 5.56 Å². The topological polar surface area (TPSA) is 107 Å². The molecule has 28 heavy (non-hydrogen) atoms. The molecule has 0 spiro atoms. The normalized spacial score (nSPS) is 12.3. The van der Waals surface area contributed by atoms with Gasteiger partial charge in [0.2, 0.25) is 0 Å². The van der Waals surface area contributed by atoms with Crippen LogP contribution in [0.5, 0.6) is 0 Å². The molecule has 3 N–H and O–H groups in total. The molecule has 0 aliphatic carbocycles. The molecule has 0 saturated heterocycles. The van der Waals surface area contributed by atoms with E-state index in [1.165, 1.54) is 12.1 Å². The van der Waals surface area contributed by atoms with Gasteiger partial charge in [-0.05, 0) is 0 Å². The van der Waals surface area contributed by atoms with Gasteiger partial charge in [-0.3, -0.25) is 0 Å². The van der Waals surface area contributed by atoms with Crippen molar-refractivity contribution < 1.29 is 11.9 Å². The third-order valence-corrected chi connectivity index (χ3v) is 5.93. The molecule has 0 aliphatic heterocycles. The van der Waals surface area contributed by atoms with Crippen molar-refractivity contribution in [1.82, 2.24) is 0 Å². The number of amidine groups is 1. The number of nitrogens with one attached hydrogen (secondary N) is 1. The van der Waals surface area contributed by atoms with Crippen molar-refractivity contribution in [2.75, 3.05) is 5.43 Å². The van der Waals surface area contributed by atoms with Crippen molar-refractivity contribution in [2.24, 2.45) is 15.3 Å². The van der Waals surface area contributed by atoms with E-state index in [4.69, 9.17) is 0 Å². The molecule has 0 bridgehead atoms. The zero-order valence-electron chi connectivity index (χ0n) is 15.1. The van der Waals surface area contributed by atoms with Gasteiger partial charge in [0, 0.05) is 0 Å². The minimum absolute atomic E-state index is 0.119. The van der Waals surface area contributed by atoms with Gasteiger partial charge in [-0.15, -0.1) is 0 Å². The summed E-state index contributed by atoms with van der Waals surface area (Å²) in [5.41, 5.74) is 5.69. The van der Waals surface area contributed by atoms with Gasteiger partial charge in [-0.1, -0.05) is 0 Å². The standard InChI is InChI=1S/C20H19AsN4O3/c1-15-11-13-17(14-12-15)22-24-20(16-7-3-2-4-8-16)25-23-19-10-6-5-9-18(19)21(26,27)28/h2-14,22H,1H3,(H2,26,27,28). The molecule has 0 saturated carbocycles. The summed E-state index contributed by atoms with van der Waals surface area (Å²) in [7, 11) is 0. The van der Waals surface area contributed by atoms with E-state index in [-0.39, 0.29) is 15.9 Å². The molecule has 0 aliphatic rings. The van der Waals surface area contributed by atoms with Crippen LogP contribution in [-0.4, -0.2) is 28.2 Å². The SMILES string of the molecule is Cc1ccc(NN=C(N=Nc2ccccc2[As](=O)(O)O)c2ccccc2)cc1. The molecule has 3 aromatic rings. The third kappa shape index (κ3) is 5.26. The first kappa shape index (κ1) is 19.8.